The van der Waals surface area contributed by atoms with Gasteiger partial charge in [0.1, 0.15) is 0 Å². The smallest absolute Gasteiger partial charge is 0.260 e. The van der Waals surface area contributed by atoms with Crippen LogP contribution in [-0.4, -0.2) is 27.4 Å². The van der Waals surface area contributed by atoms with Gasteiger partial charge in [-0.1, -0.05) is 12.8 Å². The number of aryl methyl sites for hydroxylation is 1. The molecule has 1 aromatic carbocycles. The lowest BCUT2D eigenvalue weighted by atomic mass is 9.73. The number of carbonyl (C=O) groups is 2. The number of anilines is 1. The second-order valence-corrected chi connectivity index (χ2v) is 7.44. The van der Waals surface area contributed by atoms with E-state index < -0.39 is 0 Å². The van der Waals surface area contributed by atoms with Crippen molar-refractivity contribution in [1.82, 2.24) is 20.4 Å². The molecule has 2 amide bonds. The van der Waals surface area contributed by atoms with E-state index in [1.165, 1.54) is 10.9 Å². The second-order valence-electron chi connectivity index (χ2n) is 7.44. The molecule has 2 aliphatic rings. The number of aromatic nitrogens is 2. The van der Waals surface area contributed by atoms with Gasteiger partial charge in [-0.15, -0.1) is 0 Å². The molecule has 1 aliphatic carbocycles. The lowest BCUT2D eigenvalue weighted by Gasteiger charge is -2.40. The molecule has 0 radical (unpaired) electrons. The first-order valence-electron chi connectivity index (χ1n) is 9.33. The van der Waals surface area contributed by atoms with E-state index in [0.717, 1.165) is 25.7 Å². The van der Waals surface area contributed by atoms with Gasteiger partial charge in [0.05, 0.1) is 17.2 Å². The van der Waals surface area contributed by atoms with E-state index in [1.807, 2.05) is 0 Å². The normalized spacial score (nSPS) is 24.9. The van der Waals surface area contributed by atoms with Crippen molar-refractivity contribution in [2.75, 3.05) is 5.32 Å². The molecular formula is C19H23N5O3. The summed E-state index contributed by atoms with van der Waals surface area (Å²) in [6, 6.07) is 5.04. The molecule has 1 saturated carbocycles. The Morgan fingerprint density at radius 1 is 1.30 bits per heavy atom. The summed E-state index contributed by atoms with van der Waals surface area (Å²) in [5.74, 6) is 0.0705. The molecule has 0 spiro atoms. The minimum absolute atomic E-state index is 0.00688. The average Bonchev–Trinajstić information content (AvgIpc) is 2.67. The van der Waals surface area contributed by atoms with Crippen molar-refractivity contribution >= 4 is 28.4 Å². The molecule has 142 valence electrons. The van der Waals surface area contributed by atoms with E-state index in [0.29, 0.717) is 16.6 Å². The van der Waals surface area contributed by atoms with Crippen molar-refractivity contribution in [2.45, 2.75) is 38.1 Å². The highest BCUT2D eigenvalue weighted by molar-refractivity contribution is 5.94. The van der Waals surface area contributed by atoms with E-state index >= 15 is 0 Å². The monoisotopic (exact) mass is 369 g/mol. The highest BCUT2D eigenvalue weighted by Crippen LogP contribution is 2.35. The average molecular weight is 369 g/mol. The molecule has 3 atom stereocenters. The van der Waals surface area contributed by atoms with Crippen LogP contribution in [0.4, 0.5) is 5.69 Å². The molecule has 1 saturated heterocycles. The van der Waals surface area contributed by atoms with E-state index in [9.17, 15) is 14.4 Å². The SMILES string of the molecule is Cn1cnc2ccc(NC(=O)CC3NNC(=O)C4CCCCC34)cc2c1=O. The predicted molar refractivity (Wildman–Crippen MR) is 101 cm³/mol. The fourth-order valence-corrected chi connectivity index (χ4v) is 4.23. The van der Waals surface area contributed by atoms with Gasteiger partial charge in [0.15, 0.2) is 0 Å². The van der Waals surface area contributed by atoms with Gasteiger partial charge >= 0.3 is 0 Å². The molecule has 3 unspecified atom stereocenters. The summed E-state index contributed by atoms with van der Waals surface area (Å²) in [5.41, 5.74) is 6.73. The number of benzene rings is 1. The third-order valence-corrected chi connectivity index (χ3v) is 5.66. The quantitative estimate of drug-likeness (QED) is 0.751. The highest BCUT2D eigenvalue weighted by Gasteiger charge is 2.40. The fourth-order valence-electron chi connectivity index (χ4n) is 4.23. The lowest BCUT2D eigenvalue weighted by molar-refractivity contribution is -0.134. The Balaban J connectivity index is 1.48. The highest BCUT2D eigenvalue weighted by atomic mass is 16.2. The Kier molecular flexibility index (Phi) is 4.65. The molecule has 1 aliphatic heterocycles. The number of nitrogens with one attached hydrogen (secondary N) is 3. The predicted octanol–water partition coefficient (Wildman–Crippen LogP) is 1.07. The van der Waals surface area contributed by atoms with Gasteiger partial charge in [-0.3, -0.25) is 19.8 Å². The number of hydrogen-bond donors (Lipinski definition) is 3. The molecule has 2 heterocycles. The topological polar surface area (TPSA) is 105 Å². The zero-order valence-electron chi connectivity index (χ0n) is 15.2. The first kappa shape index (κ1) is 17.7. The molecule has 4 rings (SSSR count). The maximum atomic E-state index is 12.6. The number of amides is 2. The Hall–Kier alpha value is -2.74. The molecule has 3 N–H and O–H groups in total. The number of fused-ring (bicyclic) bond motifs is 2. The summed E-state index contributed by atoms with van der Waals surface area (Å²) in [6.07, 6.45) is 5.75. The van der Waals surface area contributed by atoms with E-state index in [4.69, 9.17) is 0 Å². The Morgan fingerprint density at radius 3 is 2.96 bits per heavy atom. The van der Waals surface area contributed by atoms with Crippen LogP contribution in [-0.2, 0) is 16.6 Å². The van der Waals surface area contributed by atoms with Crippen molar-refractivity contribution < 1.29 is 9.59 Å². The van der Waals surface area contributed by atoms with E-state index in [1.54, 1.807) is 25.2 Å². The van der Waals surface area contributed by atoms with Gasteiger partial charge in [-0.2, -0.15) is 0 Å². The van der Waals surface area contributed by atoms with Crippen LogP contribution in [0.1, 0.15) is 32.1 Å². The summed E-state index contributed by atoms with van der Waals surface area (Å²) >= 11 is 0. The van der Waals surface area contributed by atoms with E-state index in [-0.39, 0.29) is 41.7 Å². The molecule has 1 aromatic heterocycles. The van der Waals surface area contributed by atoms with Crippen molar-refractivity contribution in [3.8, 4) is 0 Å². The van der Waals surface area contributed by atoms with Crippen LogP contribution in [0.5, 0.6) is 0 Å². The summed E-state index contributed by atoms with van der Waals surface area (Å²) in [4.78, 5) is 41.0. The summed E-state index contributed by atoms with van der Waals surface area (Å²) in [5, 5.41) is 3.33. The Morgan fingerprint density at radius 2 is 2.11 bits per heavy atom. The maximum absolute atomic E-state index is 12.6. The van der Waals surface area contributed by atoms with Gasteiger partial charge in [0.2, 0.25) is 11.8 Å². The third-order valence-electron chi connectivity index (χ3n) is 5.66. The largest absolute Gasteiger partial charge is 0.326 e. The van der Waals surface area contributed by atoms with Gasteiger partial charge < -0.3 is 9.88 Å². The zero-order chi connectivity index (χ0) is 19.0. The minimum Gasteiger partial charge on any atom is -0.326 e. The number of carbonyl (C=O) groups excluding carboxylic acids is 2. The van der Waals surface area contributed by atoms with Crippen molar-refractivity contribution in [2.24, 2.45) is 18.9 Å². The van der Waals surface area contributed by atoms with Crippen LogP contribution >= 0.6 is 0 Å². The number of nitrogens with zero attached hydrogens (tertiary/aromatic N) is 2. The lowest BCUT2D eigenvalue weighted by Crippen LogP contribution is -2.60. The van der Waals surface area contributed by atoms with Gasteiger partial charge in [0.25, 0.3) is 5.56 Å². The van der Waals surface area contributed by atoms with Gasteiger partial charge in [0, 0.05) is 31.1 Å². The Bertz CT molecular complexity index is 954. The standard InChI is InChI=1S/C19H23N5O3/c1-24-10-20-15-7-6-11(8-14(15)19(24)27)21-17(25)9-16-12-4-2-3-5-13(12)18(26)23-22-16/h6-8,10,12-13,16,22H,2-5,9H2,1H3,(H,21,25)(H,23,26). The third kappa shape index (κ3) is 3.44. The number of hydrogen-bond acceptors (Lipinski definition) is 5. The number of rotatable bonds is 3. The second kappa shape index (κ2) is 7.11. The van der Waals surface area contributed by atoms with Crippen LogP contribution < -0.4 is 21.7 Å². The van der Waals surface area contributed by atoms with Crippen LogP contribution in [0.3, 0.4) is 0 Å². The maximum Gasteiger partial charge on any atom is 0.260 e. The summed E-state index contributed by atoms with van der Waals surface area (Å²) in [6.45, 7) is 0. The van der Waals surface area contributed by atoms with Gasteiger partial charge in [-0.05, 0) is 37.0 Å². The van der Waals surface area contributed by atoms with Gasteiger partial charge in [-0.25, -0.2) is 10.4 Å². The van der Waals surface area contributed by atoms with E-state index in [2.05, 4.69) is 21.2 Å². The zero-order valence-corrected chi connectivity index (χ0v) is 15.2. The molecule has 8 nitrogen and oxygen atoms in total. The first-order chi connectivity index (χ1) is 13.0. The molecule has 8 heteroatoms. The van der Waals surface area contributed by atoms with Crippen LogP contribution in [0.2, 0.25) is 0 Å². The van der Waals surface area contributed by atoms with Crippen LogP contribution in [0.25, 0.3) is 10.9 Å². The summed E-state index contributed by atoms with van der Waals surface area (Å²) < 4.78 is 1.41. The minimum atomic E-state index is -0.155. The molecule has 0 bridgehead atoms. The Labute approximate surface area is 156 Å². The number of hydrazine groups is 1. The van der Waals surface area contributed by atoms with Crippen molar-refractivity contribution in [1.29, 1.82) is 0 Å². The molecule has 27 heavy (non-hydrogen) atoms. The molecule has 2 aromatic rings. The van der Waals surface area contributed by atoms with Crippen LogP contribution in [0, 0.1) is 11.8 Å². The molecular weight excluding hydrogens is 346 g/mol. The first-order valence-corrected chi connectivity index (χ1v) is 9.33. The summed E-state index contributed by atoms with van der Waals surface area (Å²) in [7, 11) is 1.64. The van der Waals surface area contributed by atoms with Crippen molar-refractivity contribution in [3.63, 3.8) is 0 Å². The van der Waals surface area contributed by atoms with Crippen LogP contribution in [0.15, 0.2) is 29.3 Å². The fraction of sp³-hybridized carbons (Fsp3) is 0.474. The molecule has 2 fully saturated rings. The van der Waals surface area contributed by atoms with Crippen molar-refractivity contribution in [3.05, 3.63) is 34.9 Å².